The van der Waals surface area contributed by atoms with Crippen LogP contribution in [0, 0.1) is 11.8 Å². The van der Waals surface area contributed by atoms with E-state index in [1.807, 2.05) is 97.1 Å². The topological polar surface area (TPSA) is 72.9 Å². The Hall–Kier alpha value is -4.89. The number of rotatable bonds is 7. The molecule has 4 aromatic carbocycles. The van der Waals surface area contributed by atoms with Crippen molar-refractivity contribution in [2.75, 3.05) is 20.8 Å². The van der Waals surface area contributed by atoms with E-state index in [-0.39, 0.29) is 6.42 Å². The largest absolute Gasteiger partial charge is 0.468 e. The lowest BCUT2D eigenvalue weighted by atomic mass is 10.00. The molecule has 0 N–H and O–H groups in total. The number of benzene rings is 4. The molecule has 0 spiro atoms. The lowest BCUT2D eigenvalue weighted by Crippen LogP contribution is -2.49. The van der Waals surface area contributed by atoms with Crippen LogP contribution in [0.15, 0.2) is 97.1 Å². The van der Waals surface area contributed by atoms with Crippen LogP contribution in [0.25, 0.3) is 21.9 Å². The molecule has 1 amide bonds. The van der Waals surface area contributed by atoms with Gasteiger partial charge in [-0.25, -0.2) is 4.79 Å². The number of amides is 1. The maximum atomic E-state index is 13.3. The van der Waals surface area contributed by atoms with Gasteiger partial charge in [0.25, 0.3) is 5.91 Å². The minimum atomic E-state index is -1.07. The van der Waals surface area contributed by atoms with Crippen LogP contribution < -0.4 is 0 Å². The van der Waals surface area contributed by atoms with Gasteiger partial charge in [-0.2, -0.15) is 0 Å². The Kier molecular flexibility index (Phi) is 8.53. The summed E-state index contributed by atoms with van der Waals surface area (Å²) >= 11 is 0. The first kappa shape index (κ1) is 26.2. The van der Waals surface area contributed by atoms with E-state index in [4.69, 9.17) is 9.47 Å². The molecule has 4 rings (SSSR count). The summed E-state index contributed by atoms with van der Waals surface area (Å²) in [7, 11) is 2.47. The molecule has 0 aromatic heterocycles. The smallest absolute Gasteiger partial charge is 0.328 e. The molecule has 1 unspecified atom stereocenters. The predicted molar refractivity (Wildman–Crippen MR) is 146 cm³/mol. The third-order valence-electron chi connectivity index (χ3n) is 6.19. The van der Waals surface area contributed by atoms with Gasteiger partial charge in [-0.15, -0.1) is 0 Å². The lowest BCUT2D eigenvalue weighted by molar-refractivity contribution is -0.155. The van der Waals surface area contributed by atoms with Gasteiger partial charge >= 0.3 is 11.9 Å². The van der Waals surface area contributed by atoms with Crippen LogP contribution in [-0.2, 0) is 30.3 Å². The van der Waals surface area contributed by atoms with E-state index < -0.39 is 30.4 Å². The fraction of sp³-hybridized carbons (Fsp3) is 0.156. The zero-order chi connectivity index (χ0) is 26.9. The molecule has 0 bridgehead atoms. The minimum absolute atomic E-state index is 0.141. The van der Waals surface area contributed by atoms with Crippen LogP contribution in [0.1, 0.15) is 11.1 Å². The molecule has 0 fully saturated rings. The summed E-state index contributed by atoms with van der Waals surface area (Å²) in [5, 5.41) is 2.05. The van der Waals surface area contributed by atoms with Crippen LogP contribution in [0.2, 0.25) is 0 Å². The lowest BCUT2D eigenvalue weighted by Gasteiger charge is -2.27. The van der Waals surface area contributed by atoms with Crippen molar-refractivity contribution in [1.29, 1.82) is 0 Å². The minimum Gasteiger partial charge on any atom is -0.468 e. The number of hydrogen-bond acceptors (Lipinski definition) is 5. The second kappa shape index (κ2) is 12.4. The Balaban J connectivity index is 1.61. The molecular weight excluding hydrogens is 478 g/mol. The number of fused-ring (bicyclic) bond motifs is 1. The van der Waals surface area contributed by atoms with Crippen molar-refractivity contribution < 1.29 is 23.9 Å². The summed E-state index contributed by atoms with van der Waals surface area (Å²) in [5.41, 5.74) is 3.52. The van der Waals surface area contributed by atoms with Crippen molar-refractivity contribution >= 4 is 28.6 Å². The van der Waals surface area contributed by atoms with E-state index in [0.717, 1.165) is 32.4 Å². The molecule has 0 heterocycles. The molecule has 0 saturated heterocycles. The average Bonchev–Trinajstić information content (AvgIpc) is 2.97. The highest BCUT2D eigenvalue weighted by Gasteiger charge is 2.32. The maximum absolute atomic E-state index is 13.3. The molecule has 6 heteroatoms. The van der Waals surface area contributed by atoms with Gasteiger partial charge in [0.05, 0.1) is 14.2 Å². The average molecular weight is 506 g/mol. The highest BCUT2D eigenvalue weighted by molar-refractivity contribution is 5.99. The summed E-state index contributed by atoms with van der Waals surface area (Å²) in [5.74, 6) is 3.46. The summed E-state index contributed by atoms with van der Waals surface area (Å²) in [6, 6.07) is 30.0. The number of carbonyl (C=O) groups is 3. The number of esters is 2. The standard InChI is InChI=1S/C32H27NO5/c1-37-31(35)22-33(30(34)19-15-23-12-16-26-10-6-7-11-28(26)20-23)29(32(36)38-2)21-24-13-17-27(18-14-24)25-8-4-3-5-9-25/h3-14,16-18,20,29H,21-22H2,1-2H3. The molecule has 6 nitrogen and oxygen atoms in total. The van der Waals surface area contributed by atoms with E-state index in [9.17, 15) is 14.4 Å². The van der Waals surface area contributed by atoms with Gasteiger partial charge in [0.1, 0.15) is 12.6 Å². The highest BCUT2D eigenvalue weighted by Crippen LogP contribution is 2.21. The molecule has 190 valence electrons. The molecule has 0 aliphatic carbocycles. The van der Waals surface area contributed by atoms with Gasteiger partial charge in [-0.3, -0.25) is 9.59 Å². The van der Waals surface area contributed by atoms with Crippen molar-refractivity contribution in [3.05, 3.63) is 108 Å². The van der Waals surface area contributed by atoms with Crippen molar-refractivity contribution in [3.63, 3.8) is 0 Å². The quantitative estimate of drug-likeness (QED) is 0.270. The van der Waals surface area contributed by atoms with Gasteiger partial charge < -0.3 is 14.4 Å². The summed E-state index contributed by atoms with van der Waals surface area (Å²) < 4.78 is 9.79. The van der Waals surface area contributed by atoms with Crippen LogP contribution in [0.3, 0.4) is 0 Å². The number of nitrogens with zero attached hydrogens (tertiary/aromatic N) is 1. The van der Waals surface area contributed by atoms with Gasteiger partial charge in [-0.05, 0) is 39.6 Å². The Morgan fingerprint density at radius 2 is 1.42 bits per heavy atom. The monoisotopic (exact) mass is 505 g/mol. The fourth-order valence-corrected chi connectivity index (χ4v) is 4.14. The van der Waals surface area contributed by atoms with Crippen LogP contribution in [-0.4, -0.2) is 49.6 Å². The third kappa shape index (κ3) is 6.45. The van der Waals surface area contributed by atoms with E-state index in [1.165, 1.54) is 14.2 Å². The van der Waals surface area contributed by atoms with Crippen molar-refractivity contribution in [1.82, 2.24) is 4.90 Å². The zero-order valence-electron chi connectivity index (χ0n) is 21.2. The van der Waals surface area contributed by atoms with Crippen molar-refractivity contribution in [2.45, 2.75) is 12.5 Å². The molecule has 1 atom stereocenters. The molecule has 0 saturated carbocycles. The molecule has 0 aliphatic rings. The first-order valence-corrected chi connectivity index (χ1v) is 12.1. The Morgan fingerprint density at radius 1 is 0.763 bits per heavy atom. The van der Waals surface area contributed by atoms with Gasteiger partial charge in [0, 0.05) is 17.9 Å². The van der Waals surface area contributed by atoms with E-state index in [0.29, 0.717) is 5.56 Å². The van der Waals surface area contributed by atoms with Gasteiger partial charge in [0.15, 0.2) is 0 Å². The Morgan fingerprint density at radius 3 is 2.11 bits per heavy atom. The van der Waals surface area contributed by atoms with Crippen molar-refractivity contribution in [3.8, 4) is 23.0 Å². The molecule has 38 heavy (non-hydrogen) atoms. The highest BCUT2D eigenvalue weighted by atomic mass is 16.5. The number of methoxy groups -OCH3 is 2. The number of carbonyl (C=O) groups excluding carboxylic acids is 3. The molecule has 4 aromatic rings. The fourth-order valence-electron chi connectivity index (χ4n) is 4.14. The van der Waals surface area contributed by atoms with Crippen LogP contribution in [0.5, 0.6) is 0 Å². The number of hydrogen-bond donors (Lipinski definition) is 0. The van der Waals surface area contributed by atoms with E-state index in [1.54, 1.807) is 0 Å². The van der Waals surface area contributed by atoms with Gasteiger partial charge in [-0.1, -0.05) is 90.8 Å². The molecule has 0 aliphatic heterocycles. The van der Waals surface area contributed by atoms with E-state index >= 15 is 0 Å². The number of ether oxygens (including phenoxy) is 2. The Bertz CT molecular complexity index is 1500. The normalized spacial score (nSPS) is 11.1. The van der Waals surface area contributed by atoms with Crippen LogP contribution >= 0.6 is 0 Å². The van der Waals surface area contributed by atoms with Crippen molar-refractivity contribution in [2.24, 2.45) is 0 Å². The Labute approximate surface area is 221 Å². The predicted octanol–water partition coefficient (Wildman–Crippen LogP) is 4.64. The first-order valence-electron chi connectivity index (χ1n) is 12.1. The molecular formula is C32H27NO5. The second-order valence-corrected chi connectivity index (χ2v) is 8.63. The zero-order valence-corrected chi connectivity index (χ0v) is 21.2. The summed E-state index contributed by atoms with van der Waals surface area (Å²) in [6.07, 6.45) is 0.141. The SMILES string of the molecule is COC(=O)CN(C(=O)C#Cc1ccc2ccccc2c1)C(Cc1ccc(-c2ccccc2)cc1)C(=O)OC. The maximum Gasteiger partial charge on any atom is 0.328 e. The summed E-state index contributed by atoms with van der Waals surface area (Å²) in [6.45, 7) is -0.441. The van der Waals surface area contributed by atoms with Crippen LogP contribution in [0.4, 0.5) is 0 Å². The third-order valence-corrected chi connectivity index (χ3v) is 6.19. The first-order chi connectivity index (χ1) is 18.5. The second-order valence-electron chi connectivity index (χ2n) is 8.63. The van der Waals surface area contributed by atoms with E-state index in [2.05, 4.69) is 11.8 Å². The van der Waals surface area contributed by atoms with Gasteiger partial charge in [0.2, 0.25) is 0 Å². The summed E-state index contributed by atoms with van der Waals surface area (Å²) in [4.78, 5) is 39.4. The molecule has 0 radical (unpaired) electrons.